The van der Waals surface area contributed by atoms with Gasteiger partial charge in [0.1, 0.15) is 5.54 Å². The van der Waals surface area contributed by atoms with Crippen LogP contribution >= 0.6 is 0 Å². The van der Waals surface area contributed by atoms with Gasteiger partial charge in [0.15, 0.2) is 6.67 Å². The molecule has 154 valence electrons. The zero-order valence-electron chi connectivity index (χ0n) is 16.2. The van der Waals surface area contributed by atoms with Crippen molar-refractivity contribution in [3.8, 4) is 6.07 Å². The van der Waals surface area contributed by atoms with Gasteiger partial charge in [-0.3, -0.25) is 4.79 Å². The van der Waals surface area contributed by atoms with Crippen molar-refractivity contribution in [2.24, 2.45) is 5.92 Å². The fourth-order valence-corrected chi connectivity index (χ4v) is 5.51. The van der Waals surface area contributed by atoms with Crippen molar-refractivity contribution in [1.29, 1.82) is 5.26 Å². The molecule has 1 aromatic carbocycles. The molecule has 0 bridgehead atoms. The summed E-state index contributed by atoms with van der Waals surface area (Å²) in [5.41, 5.74) is -0.387. The van der Waals surface area contributed by atoms with Gasteiger partial charge in [-0.15, -0.1) is 0 Å². The number of urea groups is 1. The molecule has 1 atom stereocenters. The van der Waals surface area contributed by atoms with Gasteiger partial charge in [-0.05, 0) is 49.9 Å². The van der Waals surface area contributed by atoms with E-state index < -0.39 is 15.6 Å². The number of imide groups is 1. The van der Waals surface area contributed by atoms with E-state index in [1.165, 1.54) is 33.5 Å². The molecule has 29 heavy (non-hydrogen) atoms. The van der Waals surface area contributed by atoms with E-state index in [9.17, 15) is 18.0 Å². The second-order valence-electron chi connectivity index (χ2n) is 8.09. The minimum atomic E-state index is -3.63. The van der Waals surface area contributed by atoms with Crippen LogP contribution in [0.1, 0.15) is 25.3 Å². The van der Waals surface area contributed by atoms with E-state index in [1.807, 2.05) is 6.07 Å². The van der Waals surface area contributed by atoms with E-state index in [2.05, 4.69) is 5.32 Å². The summed E-state index contributed by atoms with van der Waals surface area (Å²) < 4.78 is 27.0. The maximum absolute atomic E-state index is 12.8. The Labute approximate surface area is 169 Å². The van der Waals surface area contributed by atoms with Crippen LogP contribution in [0.2, 0.25) is 0 Å². The van der Waals surface area contributed by atoms with Gasteiger partial charge in [0, 0.05) is 0 Å². The van der Waals surface area contributed by atoms with Gasteiger partial charge < -0.3 is 10.2 Å². The number of benzene rings is 1. The van der Waals surface area contributed by atoms with Crippen molar-refractivity contribution in [3.05, 3.63) is 29.8 Å². The van der Waals surface area contributed by atoms with Crippen LogP contribution in [0.15, 0.2) is 29.2 Å². The van der Waals surface area contributed by atoms with E-state index in [0.29, 0.717) is 31.7 Å². The van der Waals surface area contributed by atoms with Crippen molar-refractivity contribution >= 4 is 22.0 Å². The standard InChI is InChI=1S/C19H23N5O4S/c1-19(15-4-5-15)17(25)24(18(26)21-19)13-22-8-10-23(11-9-22)29(27,28)16-6-2-14(12-20)3-7-16/h2-3,6-7,15H,4-5,8-11,13H2,1H3,(H,21,26)/p+1/t19-/m0/s1. The van der Waals surface area contributed by atoms with Gasteiger partial charge >= 0.3 is 6.03 Å². The number of hydrogen-bond donors (Lipinski definition) is 2. The number of hydrogen-bond acceptors (Lipinski definition) is 5. The number of carbonyl (C=O) groups excluding carboxylic acids is 2. The zero-order valence-corrected chi connectivity index (χ0v) is 17.0. The second-order valence-corrected chi connectivity index (χ2v) is 10.0. The van der Waals surface area contributed by atoms with Crippen LogP contribution in [0.3, 0.4) is 0 Å². The number of nitriles is 1. The monoisotopic (exact) mass is 418 g/mol. The lowest BCUT2D eigenvalue weighted by Gasteiger charge is -2.33. The van der Waals surface area contributed by atoms with E-state index in [1.54, 1.807) is 6.92 Å². The smallest absolute Gasteiger partial charge is 0.323 e. The number of amides is 3. The van der Waals surface area contributed by atoms with Crippen LogP contribution in [-0.2, 0) is 14.8 Å². The molecule has 2 aliphatic heterocycles. The summed E-state index contributed by atoms with van der Waals surface area (Å²) in [5, 5.41) is 11.7. The highest BCUT2D eigenvalue weighted by Crippen LogP contribution is 2.42. The third kappa shape index (κ3) is 3.50. The first-order chi connectivity index (χ1) is 13.8. The molecule has 0 radical (unpaired) electrons. The summed E-state index contributed by atoms with van der Waals surface area (Å²) in [4.78, 5) is 27.5. The number of rotatable bonds is 5. The lowest BCUT2D eigenvalue weighted by atomic mass is 9.96. The minimum Gasteiger partial charge on any atom is -0.323 e. The summed E-state index contributed by atoms with van der Waals surface area (Å²) >= 11 is 0. The normalized spacial score (nSPS) is 26.4. The van der Waals surface area contributed by atoms with Crippen LogP contribution in [0.5, 0.6) is 0 Å². The van der Waals surface area contributed by atoms with Gasteiger partial charge in [-0.2, -0.15) is 9.57 Å². The Balaban J connectivity index is 1.37. The Morgan fingerprint density at radius 3 is 2.38 bits per heavy atom. The highest BCUT2D eigenvalue weighted by molar-refractivity contribution is 7.89. The SMILES string of the molecule is C[C@@]1(C2CC2)NC(=O)N(C[NH+]2CCN(S(=O)(=O)c3ccc(C#N)cc3)CC2)C1=O. The van der Waals surface area contributed by atoms with Crippen LogP contribution in [0.25, 0.3) is 0 Å². The minimum absolute atomic E-state index is 0.161. The van der Waals surface area contributed by atoms with Crippen molar-refractivity contribution in [2.75, 3.05) is 32.8 Å². The van der Waals surface area contributed by atoms with E-state index in [-0.39, 0.29) is 29.4 Å². The van der Waals surface area contributed by atoms with Crippen molar-refractivity contribution in [2.45, 2.75) is 30.2 Å². The lowest BCUT2D eigenvalue weighted by Crippen LogP contribution is -3.16. The Kier molecular flexibility index (Phi) is 4.85. The molecule has 3 fully saturated rings. The predicted octanol–water partition coefficient (Wildman–Crippen LogP) is -0.875. The Bertz CT molecular complexity index is 975. The van der Waals surface area contributed by atoms with Gasteiger partial charge in [0.2, 0.25) is 10.0 Å². The molecule has 3 aliphatic rings. The molecule has 1 aromatic rings. The highest BCUT2D eigenvalue weighted by Gasteiger charge is 2.56. The molecule has 9 nitrogen and oxygen atoms in total. The van der Waals surface area contributed by atoms with Crippen LogP contribution in [0, 0.1) is 17.2 Å². The fraction of sp³-hybridized carbons (Fsp3) is 0.526. The number of nitrogens with one attached hydrogen (secondary N) is 2. The van der Waals surface area contributed by atoms with E-state index in [0.717, 1.165) is 17.7 Å². The Morgan fingerprint density at radius 2 is 1.83 bits per heavy atom. The summed E-state index contributed by atoms with van der Waals surface area (Å²) in [6, 6.07) is 7.48. The van der Waals surface area contributed by atoms with Crippen molar-refractivity contribution < 1.29 is 22.9 Å². The molecule has 2 N–H and O–H groups in total. The number of piperazine rings is 1. The number of sulfonamides is 1. The largest absolute Gasteiger partial charge is 0.329 e. The molecule has 3 amide bonds. The third-order valence-electron chi connectivity index (χ3n) is 6.13. The van der Waals surface area contributed by atoms with E-state index in [4.69, 9.17) is 5.26 Å². The Hall–Kier alpha value is -2.48. The van der Waals surface area contributed by atoms with Gasteiger partial charge in [-0.25, -0.2) is 18.1 Å². The number of nitrogens with zero attached hydrogens (tertiary/aromatic N) is 3. The van der Waals surface area contributed by atoms with E-state index >= 15 is 0 Å². The predicted molar refractivity (Wildman–Crippen MR) is 102 cm³/mol. The summed E-state index contributed by atoms with van der Waals surface area (Å²) in [6.45, 7) is 3.67. The van der Waals surface area contributed by atoms with Gasteiger partial charge in [0.25, 0.3) is 5.91 Å². The van der Waals surface area contributed by atoms with Gasteiger partial charge in [-0.1, -0.05) is 0 Å². The summed E-state index contributed by atoms with van der Waals surface area (Å²) in [6.07, 6.45) is 1.91. The molecule has 1 aliphatic carbocycles. The molecule has 4 rings (SSSR count). The first-order valence-electron chi connectivity index (χ1n) is 9.73. The maximum Gasteiger partial charge on any atom is 0.329 e. The summed E-state index contributed by atoms with van der Waals surface area (Å²) in [5.74, 6) is 0.0403. The lowest BCUT2D eigenvalue weighted by molar-refractivity contribution is -0.910. The Morgan fingerprint density at radius 1 is 1.21 bits per heavy atom. The molecule has 2 heterocycles. The van der Waals surface area contributed by atoms with Crippen LogP contribution in [0.4, 0.5) is 4.79 Å². The molecule has 10 heteroatoms. The average molecular weight is 418 g/mol. The first kappa shape index (κ1) is 19.8. The number of carbonyl (C=O) groups is 2. The van der Waals surface area contributed by atoms with Crippen LogP contribution in [-0.4, -0.2) is 67.9 Å². The molecule has 2 saturated heterocycles. The highest BCUT2D eigenvalue weighted by atomic mass is 32.2. The van der Waals surface area contributed by atoms with Crippen molar-refractivity contribution in [1.82, 2.24) is 14.5 Å². The molecule has 0 aromatic heterocycles. The second kappa shape index (κ2) is 7.09. The van der Waals surface area contributed by atoms with Gasteiger partial charge in [0.05, 0.1) is 42.7 Å². The average Bonchev–Trinajstić information content (AvgIpc) is 3.54. The molecular weight excluding hydrogens is 394 g/mol. The molecule has 1 saturated carbocycles. The quantitative estimate of drug-likeness (QED) is 0.603. The van der Waals surface area contributed by atoms with Crippen molar-refractivity contribution in [3.63, 3.8) is 0 Å². The zero-order chi connectivity index (χ0) is 20.8. The first-order valence-corrected chi connectivity index (χ1v) is 11.2. The maximum atomic E-state index is 12.8. The molecule has 0 spiro atoms. The fourth-order valence-electron chi connectivity index (χ4n) is 4.07. The number of quaternary nitrogens is 1. The molecular formula is C19H24N5O4S+. The molecule has 0 unspecified atom stereocenters. The third-order valence-corrected chi connectivity index (χ3v) is 8.04. The summed E-state index contributed by atoms with van der Waals surface area (Å²) in [7, 11) is -3.63. The van der Waals surface area contributed by atoms with Crippen LogP contribution < -0.4 is 10.2 Å². The topological polar surface area (TPSA) is 115 Å².